The van der Waals surface area contributed by atoms with Crippen LogP contribution in [0.1, 0.15) is 4.88 Å². The lowest BCUT2D eigenvalue weighted by atomic mass is 10.2. The summed E-state index contributed by atoms with van der Waals surface area (Å²) in [6.07, 6.45) is 0. The highest BCUT2D eigenvalue weighted by Crippen LogP contribution is 2.23. The number of aromatic nitrogens is 4. The predicted molar refractivity (Wildman–Crippen MR) is 96.1 cm³/mol. The molecule has 0 unspecified atom stereocenters. The lowest BCUT2D eigenvalue weighted by Gasteiger charge is -2.02. The number of para-hydroxylation sites is 1. The van der Waals surface area contributed by atoms with E-state index in [4.69, 9.17) is 0 Å². The number of hydrogen-bond acceptors (Lipinski definition) is 6. The third-order valence-corrected chi connectivity index (χ3v) is 5.19. The molecule has 120 valence electrons. The van der Waals surface area contributed by atoms with Gasteiger partial charge in [-0.15, -0.1) is 21.5 Å². The fraction of sp³-hybridized carbons (Fsp3) is 0.125. The zero-order valence-electron chi connectivity index (χ0n) is 12.5. The molecule has 3 aromatic heterocycles. The highest BCUT2D eigenvalue weighted by atomic mass is 32.2. The molecule has 8 heteroatoms. The van der Waals surface area contributed by atoms with Gasteiger partial charge in [0.1, 0.15) is 5.52 Å². The molecule has 0 bridgehead atoms. The SMILES string of the molecule is O=C(CSc1nnc2c(n1)[nH]c1ccccc12)NCc1cccs1. The molecule has 4 rings (SSSR count). The molecule has 0 aliphatic rings. The molecule has 0 spiro atoms. The molecule has 3 heterocycles. The van der Waals surface area contributed by atoms with Gasteiger partial charge in [-0.1, -0.05) is 36.0 Å². The Labute approximate surface area is 145 Å². The van der Waals surface area contributed by atoms with Crippen LogP contribution in [0.3, 0.4) is 0 Å². The van der Waals surface area contributed by atoms with Crippen molar-refractivity contribution >= 4 is 51.1 Å². The van der Waals surface area contributed by atoms with Gasteiger partial charge in [0.2, 0.25) is 11.1 Å². The maximum atomic E-state index is 11.9. The lowest BCUT2D eigenvalue weighted by molar-refractivity contribution is -0.118. The lowest BCUT2D eigenvalue weighted by Crippen LogP contribution is -2.24. The Bertz CT molecular complexity index is 996. The van der Waals surface area contributed by atoms with Gasteiger partial charge < -0.3 is 10.3 Å². The van der Waals surface area contributed by atoms with Crippen LogP contribution in [0.4, 0.5) is 0 Å². The number of amides is 1. The molecule has 0 saturated heterocycles. The maximum absolute atomic E-state index is 11.9. The van der Waals surface area contributed by atoms with Crippen molar-refractivity contribution in [1.82, 2.24) is 25.5 Å². The largest absolute Gasteiger partial charge is 0.350 e. The Morgan fingerprint density at radius 1 is 1.21 bits per heavy atom. The average Bonchev–Trinajstić information content (AvgIpc) is 3.25. The quantitative estimate of drug-likeness (QED) is 0.538. The fourth-order valence-corrected chi connectivity index (χ4v) is 3.61. The first-order valence-electron chi connectivity index (χ1n) is 7.32. The van der Waals surface area contributed by atoms with Crippen molar-refractivity contribution in [1.29, 1.82) is 0 Å². The van der Waals surface area contributed by atoms with Gasteiger partial charge in [-0.2, -0.15) is 0 Å². The molecule has 0 saturated carbocycles. The molecule has 1 aromatic carbocycles. The van der Waals surface area contributed by atoms with Gasteiger partial charge in [0.25, 0.3) is 0 Å². The highest BCUT2D eigenvalue weighted by molar-refractivity contribution is 7.99. The first-order valence-corrected chi connectivity index (χ1v) is 9.19. The van der Waals surface area contributed by atoms with Crippen molar-refractivity contribution in [3.63, 3.8) is 0 Å². The summed E-state index contributed by atoms with van der Waals surface area (Å²) in [5.41, 5.74) is 2.41. The number of benzene rings is 1. The summed E-state index contributed by atoms with van der Waals surface area (Å²) in [6, 6.07) is 11.8. The summed E-state index contributed by atoms with van der Waals surface area (Å²) in [7, 11) is 0. The van der Waals surface area contributed by atoms with Gasteiger partial charge in [0.05, 0.1) is 12.3 Å². The van der Waals surface area contributed by atoms with E-state index in [-0.39, 0.29) is 11.7 Å². The van der Waals surface area contributed by atoms with Crippen LogP contribution >= 0.6 is 23.1 Å². The Balaban J connectivity index is 1.42. The van der Waals surface area contributed by atoms with Crippen LogP contribution in [0.5, 0.6) is 0 Å². The van der Waals surface area contributed by atoms with E-state index < -0.39 is 0 Å². The van der Waals surface area contributed by atoms with Crippen molar-refractivity contribution in [3.05, 3.63) is 46.7 Å². The first kappa shape index (κ1) is 15.1. The van der Waals surface area contributed by atoms with E-state index in [2.05, 4.69) is 25.5 Å². The van der Waals surface area contributed by atoms with Crippen LogP contribution in [0.25, 0.3) is 22.1 Å². The van der Waals surface area contributed by atoms with E-state index in [1.54, 1.807) is 11.3 Å². The summed E-state index contributed by atoms with van der Waals surface area (Å²) in [6.45, 7) is 0.553. The predicted octanol–water partition coefficient (Wildman–Crippen LogP) is 2.98. The van der Waals surface area contributed by atoms with Gasteiger partial charge in [-0.3, -0.25) is 4.79 Å². The maximum Gasteiger partial charge on any atom is 0.230 e. The summed E-state index contributed by atoms with van der Waals surface area (Å²) >= 11 is 2.90. The van der Waals surface area contributed by atoms with Crippen molar-refractivity contribution in [2.45, 2.75) is 11.7 Å². The number of thioether (sulfide) groups is 1. The molecular weight excluding hydrogens is 342 g/mol. The number of rotatable bonds is 5. The molecule has 24 heavy (non-hydrogen) atoms. The third kappa shape index (κ3) is 3.10. The monoisotopic (exact) mass is 355 g/mol. The van der Waals surface area contributed by atoms with Crippen LogP contribution in [0.15, 0.2) is 46.9 Å². The van der Waals surface area contributed by atoms with Crippen LogP contribution in [0.2, 0.25) is 0 Å². The first-order chi connectivity index (χ1) is 11.8. The Morgan fingerprint density at radius 3 is 3.00 bits per heavy atom. The Hall–Kier alpha value is -2.45. The summed E-state index contributed by atoms with van der Waals surface area (Å²) in [5.74, 6) is 0.215. The number of H-pyrrole nitrogens is 1. The smallest absolute Gasteiger partial charge is 0.230 e. The summed E-state index contributed by atoms with van der Waals surface area (Å²) in [5, 5.41) is 14.7. The minimum Gasteiger partial charge on any atom is -0.350 e. The number of aromatic amines is 1. The Morgan fingerprint density at radius 2 is 2.12 bits per heavy atom. The molecule has 4 aromatic rings. The van der Waals surface area contributed by atoms with E-state index >= 15 is 0 Å². The van der Waals surface area contributed by atoms with Gasteiger partial charge in [-0.05, 0) is 17.5 Å². The normalized spacial score (nSPS) is 11.2. The van der Waals surface area contributed by atoms with Gasteiger partial charge >= 0.3 is 0 Å². The number of carbonyl (C=O) groups excluding carboxylic acids is 1. The third-order valence-electron chi connectivity index (χ3n) is 3.47. The number of nitrogens with zero attached hydrogens (tertiary/aromatic N) is 3. The number of hydrogen-bond donors (Lipinski definition) is 2. The highest BCUT2D eigenvalue weighted by Gasteiger charge is 2.10. The van der Waals surface area contributed by atoms with E-state index in [0.29, 0.717) is 17.3 Å². The minimum absolute atomic E-state index is 0.0475. The average molecular weight is 355 g/mol. The number of nitrogens with one attached hydrogen (secondary N) is 2. The van der Waals surface area contributed by atoms with Crippen molar-refractivity contribution in [2.75, 3.05) is 5.75 Å². The minimum atomic E-state index is -0.0475. The van der Waals surface area contributed by atoms with Crippen LogP contribution < -0.4 is 5.32 Å². The van der Waals surface area contributed by atoms with Crippen LogP contribution in [-0.2, 0) is 11.3 Å². The van der Waals surface area contributed by atoms with E-state index in [1.807, 2.05) is 41.8 Å². The summed E-state index contributed by atoms with van der Waals surface area (Å²) in [4.78, 5) is 20.7. The second kappa shape index (κ2) is 6.58. The molecule has 0 fully saturated rings. The van der Waals surface area contributed by atoms with Crippen molar-refractivity contribution in [2.24, 2.45) is 0 Å². The molecule has 0 aliphatic carbocycles. The van der Waals surface area contributed by atoms with Crippen molar-refractivity contribution in [3.8, 4) is 0 Å². The second-order valence-corrected chi connectivity index (χ2v) is 7.08. The van der Waals surface area contributed by atoms with Gasteiger partial charge in [0, 0.05) is 15.8 Å². The topological polar surface area (TPSA) is 83.6 Å². The van der Waals surface area contributed by atoms with Crippen LogP contribution in [-0.4, -0.2) is 31.8 Å². The Kier molecular flexibility index (Phi) is 4.14. The second-order valence-electron chi connectivity index (χ2n) is 5.11. The fourth-order valence-electron chi connectivity index (χ4n) is 2.35. The molecule has 2 N–H and O–H groups in total. The number of thiophene rings is 1. The van der Waals surface area contributed by atoms with Gasteiger partial charge in [0.15, 0.2) is 5.65 Å². The van der Waals surface area contributed by atoms with E-state index in [9.17, 15) is 4.79 Å². The zero-order chi connectivity index (χ0) is 16.4. The molecule has 0 radical (unpaired) electrons. The van der Waals surface area contributed by atoms with Crippen LogP contribution in [0, 0.1) is 0 Å². The number of carbonyl (C=O) groups is 1. The molecule has 6 nitrogen and oxygen atoms in total. The molecule has 0 atom stereocenters. The zero-order valence-corrected chi connectivity index (χ0v) is 14.2. The van der Waals surface area contributed by atoms with E-state index in [1.165, 1.54) is 11.8 Å². The van der Waals surface area contributed by atoms with Crippen molar-refractivity contribution < 1.29 is 4.79 Å². The van der Waals surface area contributed by atoms with Gasteiger partial charge in [-0.25, -0.2) is 4.98 Å². The molecule has 1 amide bonds. The number of fused-ring (bicyclic) bond motifs is 3. The molecular formula is C16H13N5OS2. The standard InChI is InChI=1S/C16H13N5OS2/c22-13(17-8-10-4-3-7-23-10)9-24-16-19-15-14(20-21-16)11-5-1-2-6-12(11)18-15/h1-7H,8-9H2,(H,17,22)(H,18,19,21). The summed E-state index contributed by atoms with van der Waals surface area (Å²) < 4.78 is 0. The van der Waals surface area contributed by atoms with E-state index in [0.717, 1.165) is 21.3 Å². The molecule has 0 aliphatic heterocycles.